The molecule has 234 valence electrons. The van der Waals surface area contributed by atoms with Gasteiger partial charge in [0.05, 0.1) is 62.3 Å². The molecule has 2 aromatic carbocycles. The van der Waals surface area contributed by atoms with Gasteiger partial charge in [-0.3, -0.25) is 9.59 Å². The first-order valence-corrected chi connectivity index (χ1v) is 14.0. The maximum absolute atomic E-state index is 12.2. The zero-order valence-corrected chi connectivity index (χ0v) is 26.8. The Morgan fingerprint density at radius 1 is 0.905 bits per heavy atom. The first-order chi connectivity index (χ1) is 19.5. The molecule has 0 fully saturated rings. The number of fused-ring (bicyclic) bond motifs is 1. The molecule has 0 radical (unpaired) electrons. The molecule has 4 atom stereocenters. The van der Waals surface area contributed by atoms with Gasteiger partial charge in [-0.1, -0.05) is 0 Å². The summed E-state index contributed by atoms with van der Waals surface area (Å²) in [6.45, 7) is 1.58. The molecule has 2 unspecified atom stereocenters. The van der Waals surface area contributed by atoms with E-state index in [-0.39, 0.29) is 25.1 Å². The van der Waals surface area contributed by atoms with Crippen LogP contribution in [0.5, 0.6) is 28.7 Å². The maximum Gasteiger partial charge on any atom is 0.326 e. The van der Waals surface area contributed by atoms with Crippen molar-refractivity contribution in [3.63, 3.8) is 0 Å². The van der Waals surface area contributed by atoms with E-state index >= 15 is 0 Å². The highest BCUT2D eigenvalue weighted by Gasteiger charge is 2.40. The van der Waals surface area contributed by atoms with Gasteiger partial charge in [0.2, 0.25) is 5.75 Å². The Balaban J connectivity index is 0.00000616. The standard InChI is InChI=1S/C29H37Cl2NO9.ClH/c1-32(9-7-11-41-29(35)26(31)25(30)28(33)34)10-8-18-15-21(36-2)22(37-3)16-19(18)20(32)12-17-13-23(38-4)27(40-6)24(14-17)39-5;/h13-16,20,25-26H,7-12H2,1-6H3;1H/t20-,25?,26?,32-;/m1./s1. The Kier molecular flexibility index (Phi) is 13.2. The first-order valence-electron chi connectivity index (χ1n) is 13.1. The molecule has 0 saturated carbocycles. The summed E-state index contributed by atoms with van der Waals surface area (Å²) in [5, 5.41) is 5.96. The number of carbonyl (C=O) groups excluding carboxylic acids is 1. The van der Waals surface area contributed by atoms with Crippen molar-refractivity contribution in [3.8, 4) is 28.7 Å². The Bertz CT molecular complexity index is 1220. The number of carboxylic acids is 1. The van der Waals surface area contributed by atoms with Crippen LogP contribution in [0.15, 0.2) is 24.3 Å². The van der Waals surface area contributed by atoms with E-state index in [0.29, 0.717) is 52.6 Å². The van der Waals surface area contributed by atoms with Crippen LogP contribution in [0.25, 0.3) is 0 Å². The number of carboxylic acid groups (broad SMARTS) is 1. The molecular formula is C29H38Cl3NO9. The molecular weight excluding hydrogens is 613 g/mol. The van der Waals surface area contributed by atoms with Gasteiger partial charge in [0.15, 0.2) is 33.8 Å². The molecule has 0 amide bonds. The van der Waals surface area contributed by atoms with Crippen LogP contribution in [0.3, 0.4) is 0 Å². The van der Waals surface area contributed by atoms with E-state index in [0.717, 1.165) is 24.1 Å². The number of esters is 1. The fraction of sp³-hybridized carbons (Fsp3) is 0.517. The van der Waals surface area contributed by atoms with E-state index in [1.54, 1.807) is 35.5 Å². The fourth-order valence-electron chi connectivity index (χ4n) is 5.33. The average molecular weight is 651 g/mol. The Hall–Kier alpha value is -2.79. The minimum absolute atomic E-state index is 0. The summed E-state index contributed by atoms with van der Waals surface area (Å²) in [7, 11) is 10.2. The molecule has 3 rings (SSSR count). The minimum Gasteiger partial charge on any atom is -1.00 e. The summed E-state index contributed by atoms with van der Waals surface area (Å²) >= 11 is 11.6. The molecule has 42 heavy (non-hydrogen) atoms. The molecule has 0 spiro atoms. The van der Waals surface area contributed by atoms with E-state index in [9.17, 15) is 9.59 Å². The number of halogens is 3. The third-order valence-corrected chi connectivity index (χ3v) is 8.58. The van der Waals surface area contributed by atoms with Crippen molar-refractivity contribution in [1.82, 2.24) is 0 Å². The Labute approximate surface area is 262 Å². The lowest BCUT2D eigenvalue weighted by atomic mass is 9.86. The van der Waals surface area contributed by atoms with Crippen LogP contribution in [0.4, 0.5) is 0 Å². The Morgan fingerprint density at radius 3 is 2.00 bits per heavy atom. The van der Waals surface area contributed by atoms with Gasteiger partial charge in [0.25, 0.3) is 0 Å². The molecule has 1 heterocycles. The van der Waals surface area contributed by atoms with Crippen molar-refractivity contribution in [2.45, 2.75) is 36.1 Å². The summed E-state index contributed by atoms with van der Waals surface area (Å²) in [4.78, 5) is 23.3. The molecule has 1 aliphatic rings. The van der Waals surface area contributed by atoms with Crippen molar-refractivity contribution in [2.75, 3.05) is 62.3 Å². The lowest BCUT2D eigenvalue weighted by Gasteiger charge is -2.46. The van der Waals surface area contributed by atoms with Gasteiger partial charge in [-0.05, 0) is 35.4 Å². The normalized spacial score (nSPS) is 18.9. The smallest absolute Gasteiger partial charge is 0.326 e. The summed E-state index contributed by atoms with van der Waals surface area (Å²) in [5.41, 5.74) is 3.30. The summed E-state index contributed by atoms with van der Waals surface area (Å²) in [6.07, 6.45) is 1.99. The molecule has 1 aliphatic heterocycles. The highest BCUT2D eigenvalue weighted by molar-refractivity contribution is 6.41. The van der Waals surface area contributed by atoms with E-state index in [2.05, 4.69) is 7.05 Å². The van der Waals surface area contributed by atoms with Gasteiger partial charge in [-0.15, -0.1) is 23.2 Å². The van der Waals surface area contributed by atoms with Crippen LogP contribution in [0.1, 0.15) is 29.2 Å². The molecule has 0 aliphatic carbocycles. The first kappa shape index (κ1) is 35.4. The zero-order chi connectivity index (χ0) is 30.3. The number of alkyl halides is 2. The van der Waals surface area contributed by atoms with Crippen LogP contribution < -0.4 is 36.1 Å². The monoisotopic (exact) mass is 649 g/mol. The summed E-state index contributed by atoms with van der Waals surface area (Å²) < 4.78 is 33.8. The van der Waals surface area contributed by atoms with E-state index in [1.807, 2.05) is 24.3 Å². The molecule has 0 saturated heterocycles. The number of benzene rings is 2. The second-order valence-electron chi connectivity index (χ2n) is 10.00. The number of quaternary nitrogens is 1. The number of hydrogen-bond acceptors (Lipinski definition) is 8. The number of rotatable bonds is 14. The quantitative estimate of drug-likeness (QED) is 0.140. The molecule has 2 aromatic rings. The number of likely N-dealkylation sites (N-methyl/N-ethyl adjacent to an activating group) is 1. The van der Waals surface area contributed by atoms with Gasteiger partial charge < -0.3 is 50.4 Å². The van der Waals surface area contributed by atoms with Crippen molar-refractivity contribution < 1.29 is 60.0 Å². The number of carbonyl (C=O) groups is 2. The second-order valence-corrected chi connectivity index (χ2v) is 10.9. The van der Waals surface area contributed by atoms with Crippen molar-refractivity contribution in [2.24, 2.45) is 0 Å². The highest BCUT2D eigenvalue weighted by Crippen LogP contribution is 2.44. The largest absolute Gasteiger partial charge is 1.00 e. The topological polar surface area (TPSA) is 110 Å². The summed E-state index contributed by atoms with van der Waals surface area (Å²) in [6, 6.07) is 7.98. The van der Waals surface area contributed by atoms with Crippen LogP contribution in [0.2, 0.25) is 0 Å². The third-order valence-electron chi connectivity index (χ3n) is 7.58. The molecule has 1 N–H and O–H groups in total. The van der Waals surface area contributed by atoms with Crippen molar-refractivity contribution in [3.05, 3.63) is 41.0 Å². The van der Waals surface area contributed by atoms with E-state index in [4.69, 9.17) is 56.7 Å². The summed E-state index contributed by atoms with van der Waals surface area (Å²) in [5.74, 6) is 0.748. The molecule has 0 aromatic heterocycles. The van der Waals surface area contributed by atoms with Gasteiger partial charge in [0, 0.05) is 24.8 Å². The SMILES string of the molecule is COc1cc2c(cc1OC)[C@@H](Cc1cc(OC)c(OC)c(OC)c1)[N@+](C)(CCCOC(=O)C(Cl)C(Cl)C(=O)O)CC2.[Cl-]. The van der Waals surface area contributed by atoms with E-state index < -0.39 is 22.7 Å². The number of nitrogens with zero attached hydrogens (tertiary/aromatic N) is 1. The number of aliphatic carboxylic acids is 1. The number of hydrogen-bond donors (Lipinski definition) is 1. The second kappa shape index (κ2) is 15.6. The van der Waals surface area contributed by atoms with Crippen molar-refractivity contribution in [1.29, 1.82) is 0 Å². The predicted molar refractivity (Wildman–Crippen MR) is 154 cm³/mol. The van der Waals surface area contributed by atoms with Gasteiger partial charge in [-0.25, -0.2) is 0 Å². The maximum atomic E-state index is 12.2. The van der Waals surface area contributed by atoms with Gasteiger partial charge in [0.1, 0.15) is 6.04 Å². The Morgan fingerprint density at radius 2 is 1.48 bits per heavy atom. The van der Waals surface area contributed by atoms with Crippen LogP contribution in [-0.2, 0) is 27.2 Å². The molecule has 10 nitrogen and oxygen atoms in total. The molecule has 13 heteroatoms. The van der Waals surface area contributed by atoms with Gasteiger partial charge in [-0.2, -0.15) is 0 Å². The lowest BCUT2D eigenvalue weighted by molar-refractivity contribution is -0.941. The third kappa shape index (κ3) is 7.78. The fourth-order valence-corrected chi connectivity index (χ4v) is 5.60. The van der Waals surface area contributed by atoms with Gasteiger partial charge >= 0.3 is 11.9 Å². The predicted octanol–water partition coefficient (Wildman–Crippen LogP) is 1.25. The average Bonchev–Trinajstić information content (AvgIpc) is 2.98. The van der Waals surface area contributed by atoms with Crippen molar-refractivity contribution >= 4 is 35.1 Å². The van der Waals surface area contributed by atoms with Crippen LogP contribution in [-0.4, -0.2) is 94.6 Å². The van der Waals surface area contributed by atoms with Crippen LogP contribution in [0, 0.1) is 0 Å². The number of methoxy groups -OCH3 is 5. The van der Waals surface area contributed by atoms with E-state index in [1.165, 1.54) is 5.56 Å². The molecule has 0 bridgehead atoms. The number of ether oxygens (including phenoxy) is 6. The zero-order valence-electron chi connectivity index (χ0n) is 24.6. The minimum atomic E-state index is -1.57. The lowest BCUT2D eigenvalue weighted by Crippen LogP contribution is -3.00. The highest BCUT2D eigenvalue weighted by atomic mass is 35.5. The van der Waals surface area contributed by atoms with Crippen LogP contribution >= 0.6 is 23.2 Å².